The smallest absolute Gasteiger partial charge is 0.251 e. The van der Waals surface area contributed by atoms with E-state index in [0.29, 0.717) is 24.4 Å². The highest BCUT2D eigenvalue weighted by Gasteiger charge is 2.28. The zero-order valence-corrected chi connectivity index (χ0v) is 13.2. The molecule has 6 nitrogen and oxygen atoms in total. The van der Waals surface area contributed by atoms with Gasteiger partial charge in [-0.05, 0) is 45.0 Å². The standard InChI is InChI=1S/C16H23N3O3/c1-10(2)18-15(20)12-4-6-13(7-5-12)19-16(21)14-11(3)22-9-8-17-14/h4-7,10-11,14,17H,8-9H2,1-3H3,(H,18,20)(H,19,21)/t11-,14+/m1/s1. The number of nitrogens with one attached hydrogen (secondary N) is 3. The Morgan fingerprint density at radius 1 is 1.27 bits per heavy atom. The van der Waals surface area contributed by atoms with Gasteiger partial charge in [-0.2, -0.15) is 0 Å². The third-order valence-electron chi connectivity index (χ3n) is 3.43. The Hall–Kier alpha value is -1.92. The lowest BCUT2D eigenvalue weighted by Crippen LogP contribution is -2.53. The molecule has 1 saturated heterocycles. The van der Waals surface area contributed by atoms with E-state index in [1.54, 1.807) is 24.3 Å². The van der Waals surface area contributed by atoms with E-state index in [-0.39, 0.29) is 30.0 Å². The van der Waals surface area contributed by atoms with Crippen LogP contribution in [-0.4, -0.2) is 43.2 Å². The minimum atomic E-state index is -0.363. The van der Waals surface area contributed by atoms with Crippen molar-refractivity contribution in [2.24, 2.45) is 0 Å². The molecule has 1 aliphatic rings. The molecular formula is C16H23N3O3. The summed E-state index contributed by atoms with van der Waals surface area (Å²) in [5.74, 6) is -0.254. The Bertz CT molecular complexity index is 528. The zero-order valence-electron chi connectivity index (χ0n) is 13.2. The van der Waals surface area contributed by atoms with Crippen molar-refractivity contribution in [2.45, 2.75) is 39.0 Å². The second kappa shape index (κ2) is 7.38. The minimum absolute atomic E-state index is 0.0887. The van der Waals surface area contributed by atoms with E-state index in [9.17, 15) is 9.59 Å². The van der Waals surface area contributed by atoms with Crippen LogP contribution >= 0.6 is 0 Å². The number of amides is 2. The average Bonchev–Trinajstić information content (AvgIpc) is 2.47. The predicted molar refractivity (Wildman–Crippen MR) is 84.9 cm³/mol. The summed E-state index contributed by atoms with van der Waals surface area (Å²) in [5.41, 5.74) is 1.23. The molecule has 1 heterocycles. The van der Waals surface area contributed by atoms with E-state index in [4.69, 9.17) is 4.74 Å². The number of carbonyl (C=O) groups excluding carboxylic acids is 2. The molecule has 0 bridgehead atoms. The summed E-state index contributed by atoms with van der Waals surface area (Å²) in [7, 11) is 0. The second-order valence-corrected chi connectivity index (χ2v) is 5.70. The first kappa shape index (κ1) is 16.5. The summed E-state index contributed by atoms with van der Waals surface area (Å²) >= 11 is 0. The van der Waals surface area contributed by atoms with Gasteiger partial charge in [-0.1, -0.05) is 0 Å². The van der Waals surface area contributed by atoms with Crippen LogP contribution in [0.25, 0.3) is 0 Å². The monoisotopic (exact) mass is 305 g/mol. The van der Waals surface area contributed by atoms with Crippen LogP contribution in [0.2, 0.25) is 0 Å². The summed E-state index contributed by atoms with van der Waals surface area (Å²) in [6, 6.07) is 6.56. The summed E-state index contributed by atoms with van der Waals surface area (Å²) < 4.78 is 5.46. The topological polar surface area (TPSA) is 79.5 Å². The lowest BCUT2D eigenvalue weighted by Gasteiger charge is -2.29. The van der Waals surface area contributed by atoms with Gasteiger partial charge in [0.15, 0.2) is 0 Å². The maximum Gasteiger partial charge on any atom is 0.251 e. The molecular weight excluding hydrogens is 282 g/mol. The SMILES string of the molecule is CC(C)NC(=O)c1ccc(NC(=O)[C@H]2NCCO[C@@H]2C)cc1. The molecule has 0 unspecified atom stereocenters. The third-order valence-corrected chi connectivity index (χ3v) is 3.43. The average molecular weight is 305 g/mol. The number of hydrogen-bond donors (Lipinski definition) is 3. The van der Waals surface area contributed by atoms with E-state index >= 15 is 0 Å². The molecule has 1 aromatic carbocycles. The van der Waals surface area contributed by atoms with Gasteiger partial charge in [0.1, 0.15) is 6.04 Å². The van der Waals surface area contributed by atoms with Crippen molar-refractivity contribution in [3.05, 3.63) is 29.8 Å². The summed E-state index contributed by atoms with van der Waals surface area (Å²) in [4.78, 5) is 24.1. The highest BCUT2D eigenvalue weighted by atomic mass is 16.5. The quantitative estimate of drug-likeness (QED) is 0.779. The predicted octanol–water partition coefficient (Wildman–Crippen LogP) is 1.14. The van der Waals surface area contributed by atoms with Gasteiger partial charge in [-0.15, -0.1) is 0 Å². The molecule has 6 heteroatoms. The van der Waals surface area contributed by atoms with E-state index in [0.717, 1.165) is 0 Å². The molecule has 1 aromatic rings. The molecule has 120 valence electrons. The molecule has 2 amide bonds. The Labute approximate surface area is 130 Å². The molecule has 2 atom stereocenters. The third kappa shape index (κ3) is 4.29. The highest BCUT2D eigenvalue weighted by Crippen LogP contribution is 2.12. The van der Waals surface area contributed by atoms with Crippen molar-refractivity contribution in [1.29, 1.82) is 0 Å². The number of morpholine rings is 1. The van der Waals surface area contributed by atoms with Crippen molar-refractivity contribution < 1.29 is 14.3 Å². The van der Waals surface area contributed by atoms with Crippen LogP contribution in [-0.2, 0) is 9.53 Å². The molecule has 1 fully saturated rings. The van der Waals surface area contributed by atoms with Crippen molar-refractivity contribution in [3.63, 3.8) is 0 Å². The number of anilines is 1. The van der Waals surface area contributed by atoms with Crippen molar-refractivity contribution in [2.75, 3.05) is 18.5 Å². The fourth-order valence-electron chi connectivity index (χ4n) is 2.30. The van der Waals surface area contributed by atoms with Gasteiger partial charge in [0.05, 0.1) is 12.7 Å². The fraction of sp³-hybridized carbons (Fsp3) is 0.500. The first-order chi connectivity index (χ1) is 10.5. The van der Waals surface area contributed by atoms with Gasteiger partial charge >= 0.3 is 0 Å². The number of benzene rings is 1. The highest BCUT2D eigenvalue weighted by molar-refractivity contribution is 5.97. The Kier molecular flexibility index (Phi) is 5.51. The van der Waals surface area contributed by atoms with Crippen LogP contribution in [0.3, 0.4) is 0 Å². The van der Waals surface area contributed by atoms with E-state index in [2.05, 4.69) is 16.0 Å². The number of hydrogen-bond acceptors (Lipinski definition) is 4. The summed E-state index contributed by atoms with van der Waals surface area (Å²) in [6.07, 6.45) is -0.162. The van der Waals surface area contributed by atoms with Crippen LogP contribution in [0.4, 0.5) is 5.69 Å². The molecule has 0 aromatic heterocycles. The molecule has 1 aliphatic heterocycles. The van der Waals surface area contributed by atoms with Crippen LogP contribution < -0.4 is 16.0 Å². The van der Waals surface area contributed by atoms with Crippen molar-refractivity contribution >= 4 is 17.5 Å². The van der Waals surface area contributed by atoms with Gasteiger partial charge in [0.2, 0.25) is 5.91 Å². The van der Waals surface area contributed by atoms with E-state index < -0.39 is 0 Å². The largest absolute Gasteiger partial charge is 0.375 e. The molecule has 0 aliphatic carbocycles. The summed E-state index contributed by atoms with van der Waals surface area (Å²) in [6.45, 7) is 6.97. The van der Waals surface area contributed by atoms with Crippen LogP contribution in [0.15, 0.2) is 24.3 Å². The molecule has 0 saturated carbocycles. The minimum Gasteiger partial charge on any atom is -0.375 e. The van der Waals surface area contributed by atoms with Gasteiger partial charge in [-0.3, -0.25) is 9.59 Å². The lowest BCUT2D eigenvalue weighted by atomic mass is 10.1. The molecule has 22 heavy (non-hydrogen) atoms. The Balaban J connectivity index is 1.96. The maximum absolute atomic E-state index is 12.2. The molecule has 3 N–H and O–H groups in total. The number of rotatable bonds is 4. The Morgan fingerprint density at radius 2 is 1.95 bits per heavy atom. The van der Waals surface area contributed by atoms with Gasteiger partial charge in [0.25, 0.3) is 5.91 Å². The van der Waals surface area contributed by atoms with Crippen molar-refractivity contribution in [3.8, 4) is 0 Å². The molecule has 0 spiro atoms. The summed E-state index contributed by atoms with van der Waals surface area (Å²) in [5, 5.41) is 8.80. The zero-order chi connectivity index (χ0) is 16.1. The number of ether oxygens (including phenoxy) is 1. The van der Waals surface area contributed by atoms with Gasteiger partial charge < -0.3 is 20.7 Å². The number of carbonyl (C=O) groups is 2. The Morgan fingerprint density at radius 3 is 2.55 bits per heavy atom. The normalized spacial score (nSPS) is 21.5. The van der Waals surface area contributed by atoms with Crippen LogP contribution in [0.5, 0.6) is 0 Å². The maximum atomic E-state index is 12.2. The van der Waals surface area contributed by atoms with Crippen molar-refractivity contribution in [1.82, 2.24) is 10.6 Å². The first-order valence-corrected chi connectivity index (χ1v) is 7.54. The van der Waals surface area contributed by atoms with Crippen LogP contribution in [0, 0.1) is 0 Å². The first-order valence-electron chi connectivity index (χ1n) is 7.54. The van der Waals surface area contributed by atoms with E-state index in [1.165, 1.54) is 0 Å². The van der Waals surface area contributed by atoms with Gasteiger partial charge in [0, 0.05) is 23.8 Å². The fourth-order valence-corrected chi connectivity index (χ4v) is 2.30. The van der Waals surface area contributed by atoms with Crippen LogP contribution in [0.1, 0.15) is 31.1 Å². The van der Waals surface area contributed by atoms with E-state index in [1.807, 2.05) is 20.8 Å². The second-order valence-electron chi connectivity index (χ2n) is 5.70. The van der Waals surface area contributed by atoms with Gasteiger partial charge in [-0.25, -0.2) is 0 Å². The lowest BCUT2D eigenvalue weighted by molar-refractivity contribution is -0.123. The molecule has 2 rings (SSSR count). The molecule has 0 radical (unpaired) electrons.